The maximum atomic E-state index is 13.4. The summed E-state index contributed by atoms with van der Waals surface area (Å²) in [6.07, 6.45) is 0. The molecule has 0 aromatic heterocycles. The maximum Gasteiger partial charge on any atom is 0.337 e. The van der Waals surface area contributed by atoms with E-state index < -0.39 is 5.97 Å². The molecule has 104 valence electrons. The van der Waals surface area contributed by atoms with Crippen LogP contribution in [0.2, 0.25) is 0 Å². The van der Waals surface area contributed by atoms with Gasteiger partial charge in [0.25, 0.3) is 0 Å². The van der Waals surface area contributed by atoms with Gasteiger partial charge in [-0.05, 0) is 52.7 Å². The molecular formula is C14H12BrFN2O2. The van der Waals surface area contributed by atoms with Crippen LogP contribution in [0.25, 0.3) is 0 Å². The Hall–Kier alpha value is -2.08. The van der Waals surface area contributed by atoms with Gasteiger partial charge in [-0.25, -0.2) is 9.18 Å². The summed E-state index contributed by atoms with van der Waals surface area (Å²) in [6, 6.07) is 7.52. The lowest BCUT2D eigenvalue weighted by Gasteiger charge is -2.14. The molecule has 0 saturated heterocycles. The molecule has 0 aliphatic carbocycles. The number of anilines is 3. The number of nitrogen functional groups attached to an aromatic ring is 1. The molecular weight excluding hydrogens is 327 g/mol. The summed E-state index contributed by atoms with van der Waals surface area (Å²) < 4.78 is 13.7. The molecule has 0 aliphatic rings. The fraction of sp³-hybridized carbons (Fsp3) is 0.0714. The van der Waals surface area contributed by atoms with Gasteiger partial charge >= 0.3 is 5.97 Å². The van der Waals surface area contributed by atoms with Gasteiger partial charge < -0.3 is 16.2 Å². The number of hydrogen-bond donors (Lipinski definition) is 3. The van der Waals surface area contributed by atoms with Crippen molar-refractivity contribution in [3.63, 3.8) is 0 Å². The highest BCUT2D eigenvalue weighted by molar-refractivity contribution is 9.10. The van der Waals surface area contributed by atoms with Gasteiger partial charge in [-0.15, -0.1) is 0 Å². The third-order valence-electron chi connectivity index (χ3n) is 2.85. The lowest BCUT2D eigenvalue weighted by atomic mass is 10.1. The number of nitrogens with two attached hydrogens (primary N) is 1. The first-order valence-corrected chi connectivity index (χ1v) is 6.54. The summed E-state index contributed by atoms with van der Waals surface area (Å²) in [4.78, 5) is 11.2. The second kappa shape index (κ2) is 5.50. The highest BCUT2D eigenvalue weighted by atomic mass is 79.9. The molecule has 4 N–H and O–H groups in total. The lowest BCUT2D eigenvalue weighted by molar-refractivity contribution is 0.0698. The van der Waals surface area contributed by atoms with Crippen molar-refractivity contribution < 1.29 is 14.3 Å². The number of carboxylic acids is 1. The van der Waals surface area contributed by atoms with E-state index in [1.807, 2.05) is 0 Å². The molecule has 4 nitrogen and oxygen atoms in total. The van der Waals surface area contributed by atoms with Gasteiger partial charge in [0.2, 0.25) is 0 Å². The number of aryl methyl sites for hydroxylation is 1. The fourth-order valence-electron chi connectivity index (χ4n) is 1.80. The van der Waals surface area contributed by atoms with Gasteiger partial charge in [-0.3, -0.25) is 0 Å². The van der Waals surface area contributed by atoms with Crippen LogP contribution in [0.4, 0.5) is 21.5 Å². The van der Waals surface area contributed by atoms with E-state index in [0.717, 1.165) is 0 Å². The Kier molecular flexibility index (Phi) is 3.94. The van der Waals surface area contributed by atoms with Gasteiger partial charge in [0, 0.05) is 5.69 Å². The first kappa shape index (κ1) is 14.3. The molecule has 0 fully saturated rings. The molecule has 0 aliphatic heterocycles. The van der Waals surface area contributed by atoms with E-state index in [-0.39, 0.29) is 15.9 Å². The summed E-state index contributed by atoms with van der Waals surface area (Å²) in [5, 5.41) is 12.1. The second-order valence-corrected chi connectivity index (χ2v) is 5.14. The molecule has 20 heavy (non-hydrogen) atoms. The largest absolute Gasteiger partial charge is 0.478 e. The number of para-hydroxylation sites is 1. The third-order valence-corrected chi connectivity index (χ3v) is 3.46. The Morgan fingerprint density at radius 3 is 2.75 bits per heavy atom. The van der Waals surface area contributed by atoms with Crippen molar-refractivity contribution >= 4 is 39.0 Å². The molecule has 0 spiro atoms. The smallest absolute Gasteiger partial charge is 0.337 e. The first-order chi connectivity index (χ1) is 9.40. The van der Waals surface area contributed by atoms with Crippen LogP contribution in [0.15, 0.2) is 34.8 Å². The van der Waals surface area contributed by atoms with Gasteiger partial charge in [-0.2, -0.15) is 0 Å². The molecule has 6 heteroatoms. The van der Waals surface area contributed by atoms with Crippen molar-refractivity contribution in [3.05, 3.63) is 51.7 Å². The number of carboxylic acid groups (broad SMARTS) is 1. The standard InChI is InChI=1S/C14H12BrFN2O2/c1-7-5-10(16)9(15)6-12(7)18-13-8(14(19)20)3-2-4-11(13)17/h2-6,18H,17H2,1H3,(H,19,20). The molecule has 0 radical (unpaired) electrons. The molecule has 2 aromatic rings. The quantitative estimate of drug-likeness (QED) is 0.741. The minimum Gasteiger partial charge on any atom is -0.478 e. The van der Waals surface area contributed by atoms with Crippen molar-refractivity contribution in [1.29, 1.82) is 0 Å². The van der Waals surface area contributed by atoms with Gasteiger partial charge in [0.05, 0.1) is 21.4 Å². The minimum atomic E-state index is -1.08. The molecule has 0 amide bonds. The summed E-state index contributed by atoms with van der Waals surface area (Å²) in [5.74, 6) is -1.47. The lowest BCUT2D eigenvalue weighted by Crippen LogP contribution is -2.06. The van der Waals surface area contributed by atoms with E-state index in [9.17, 15) is 14.3 Å². The normalized spacial score (nSPS) is 10.3. The molecule has 0 heterocycles. The van der Waals surface area contributed by atoms with E-state index in [1.165, 1.54) is 12.1 Å². The predicted molar refractivity (Wildman–Crippen MR) is 79.9 cm³/mol. The zero-order valence-electron chi connectivity index (χ0n) is 10.6. The van der Waals surface area contributed by atoms with Crippen molar-refractivity contribution in [2.75, 3.05) is 11.1 Å². The molecule has 0 atom stereocenters. The van der Waals surface area contributed by atoms with Crippen LogP contribution in [-0.2, 0) is 0 Å². The van der Waals surface area contributed by atoms with E-state index in [2.05, 4.69) is 21.2 Å². The zero-order valence-corrected chi connectivity index (χ0v) is 12.2. The van der Waals surface area contributed by atoms with Crippen molar-refractivity contribution in [2.45, 2.75) is 6.92 Å². The highest BCUT2D eigenvalue weighted by Crippen LogP contribution is 2.31. The Morgan fingerprint density at radius 2 is 2.10 bits per heavy atom. The third kappa shape index (κ3) is 2.75. The molecule has 2 rings (SSSR count). The molecule has 0 saturated carbocycles. The Bertz CT molecular complexity index is 689. The number of halogens is 2. The van der Waals surface area contributed by atoms with E-state index in [1.54, 1.807) is 25.1 Å². The van der Waals surface area contributed by atoms with E-state index in [0.29, 0.717) is 22.6 Å². The topological polar surface area (TPSA) is 75.3 Å². The van der Waals surface area contributed by atoms with Crippen molar-refractivity contribution in [2.24, 2.45) is 0 Å². The van der Waals surface area contributed by atoms with E-state index >= 15 is 0 Å². The summed E-state index contributed by atoms with van der Waals surface area (Å²) in [6.45, 7) is 1.72. The number of rotatable bonds is 3. The molecule has 2 aromatic carbocycles. The molecule has 0 unspecified atom stereocenters. The fourth-order valence-corrected chi connectivity index (χ4v) is 2.15. The Balaban J connectivity index is 2.50. The van der Waals surface area contributed by atoms with Crippen LogP contribution in [0, 0.1) is 12.7 Å². The maximum absolute atomic E-state index is 13.4. The minimum absolute atomic E-state index is 0.0600. The average molecular weight is 339 g/mol. The Morgan fingerprint density at radius 1 is 1.40 bits per heavy atom. The van der Waals surface area contributed by atoms with Crippen molar-refractivity contribution in [3.8, 4) is 0 Å². The van der Waals surface area contributed by atoms with Crippen LogP contribution in [-0.4, -0.2) is 11.1 Å². The SMILES string of the molecule is Cc1cc(F)c(Br)cc1Nc1c(N)cccc1C(=O)O. The molecule has 0 bridgehead atoms. The van der Waals surface area contributed by atoms with E-state index in [4.69, 9.17) is 5.73 Å². The first-order valence-electron chi connectivity index (χ1n) is 5.74. The predicted octanol–water partition coefficient (Wildman–Crippen LogP) is 3.92. The van der Waals surface area contributed by atoms with Crippen LogP contribution in [0.1, 0.15) is 15.9 Å². The van der Waals surface area contributed by atoms with Crippen LogP contribution in [0.5, 0.6) is 0 Å². The number of hydrogen-bond acceptors (Lipinski definition) is 3. The van der Waals surface area contributed by atoms with Crippen molar-refractivity contribution in [1.82, 2.24) is 0 Å². The van der Waals surface area contributed by atoms with Gasteiger partial charge in [-0.1, -0.05) is 6.07 Å². The summed E-state index contributed by atoms with van der Waals surface area (Å²) >= 11 is 3.10. The monoisotopic (exact) mass is 338 g/mol. The average Bonchev–Trinajstić information content (AvgIpc) is 2.37. The number of aromatic carboxylic acids is 1. The summed E-state index contributed by atoms with van der Waals surface area (Å²) in [7, 11) is 0. The number of benzene rings is 2. The number of nitrogens with one attached hydrogen (secondary N) is 1. The zero-order chi connectivity index (χ0) is 14.9. The second-order valence-electron chi connectivity index (χ2n) is 4.28. The van der Waals surface area contributed by atoms with Gasteiger partial charge in [0.1, 0.15) is 5.82 Å². The Labute approximate surface area is 123 Å². The van der Waals surface area contributed by atoms with Gasteiger partial charge in [0.15, 0.2) is 0 Å². The van der Waals surface area contributed by atoms with Crippen LogP contribution in [0.3, 0.4) is 0 Å². The van der Waals surface area contributed by atoms with Crippen LogP contribution < -0.4 is 11.1 Å². The highest BCUT2D eigenvalue weighted by Gasteiger charge is 2.14. The number of carbonyl (C=O) groups is 1. The summed E-state index contributed by atoms with van der Waals surface area (Å²) in [5.41, 5.74) is 7.70. The van der Waals surface area contributed by atoms with Crippen LogP contribution >= 0.6 is 15.9 Å².